The summed E-state index contributed by atoms with van der Waals surface area (Å²) >= 11 is 0. The Hall–Kier alpha value is -2.94. The molecule has 31 heavy (non-hydrogen) atoms. The number of imidazole rings is 1. The number of rotatable bonds is 4. The van der Waals surface area contributed by atoms with Crippen molar-refractivity contribution in [1.82, 2.24) is 19.5 Å². The second-order valence-electron chi connectivity index (χ2n) is 6.71. The number of alkyl halides is 3. The number of hydrogen-bond donors (Lipinski definition) is 3. The van der Waals surface area contributed by atoms with Crippen LogP contribution in [0.25, 0.3) is 11.2 Å². The van der Waals surface area contributed by atoms with Gasteiger partial charge in [-0.25, -0.2) is 23.7 Å². The van der Waals surface area contributed by atoms with Crippen LogP contribution >= 0.6 is 0 Å². The van der Waals surface area contributed by atoms with E-state index >= 15 is 0 Å². The number of hydrogen-bond acceptors (Lipinski definition) is 8. The van der Waals surface area contributed by atoms with E-state index in [0.29, 0.717) is 12.1 Å². The van der Waals surface area contributed by atoms with Gasteiger partial charge in [-0.3, -0.25) is 9.30 Å². The van der Waals surface area contributed by atoms with E-state index in [1.165, 1.54) is 0 Å². The van der Waals surface area contributed by atoms with E-state index in [4.69, 9.17) is 10.5 Å². The number of halogens is 5. The van der Waals surface area contributed by atoms with Crippen LogP contribution in [-0.4, -0.2) is 54.4 Å². The van der Waals surface area contributed by atoms with Crippen LogP contribution in [0.3, 0.4) is 0 Å². The molecule has 0 radical (unpaired) electrons. The van der Waals surface area contributed by atoms with E-state index in [1.807, 2.05) is 0 Å². The van der Waals surface area contributed by atoms with Gasteiger partial charge in [-0.05, 0) is 17.7 Å². The SMILES string of the molecule is Nc1ncnc2c1ncn2[C@@H]1O[C@H](C(OC(F)(F)F)c2ccc(F)c(F)c2)[C@@H](O)[C@H]1O. The summed E-state index contributed by atoms with van der Waals surface area (Å²) in [6, 6.07) is 1.95. The van der Waals surface area contributed by atoms with E-state index in [1.54, 1.807) is 0 Å². The average Bonchev–Trinajstić information content (AvgIpc) is 3.24. The minimum Gasteiger partial charge on any atom is -0.387 e. The number of aliphatic hydroxyl groups excluding tert-OH is 2. The lowest BCUT2D eigenvalue weighted by Crippen LogP contribution is -2.37. The largest absolute Gasteiger partial charge is 0.523 e. The monoisotopic (exact) mass is 447 g/mol. The summed E-state index contributed by atoms with van der Waals surface area (Å²) in [7, 11) is 0. The summed E-state index contributed by atoms with van der Waals surface area (Å²) in [6.07, 6.45) is -12.0. The highest BCUT2D eigenvalue weighted by Crippen LogP contribution is 2.41. The van der Waals surface area contributed by atoms with Crippen molar-refractivity contribution in [3.05, 3.63) is 48.1 Å². The smallest absolute Gasteiger partial charge is 0.387 e. The van der Waals surface area contributed by atoms with Crippen molar-refractivity contribution < 1.29 is 41.6 Å². The van der Waals surface area contributed by atoms with Crippen LogP contribution < -0.4 is 5.73 Å². The van der Waals surface area contributed by atoms with Crippen LogP contribution in [0.1, 0.15) is 17.9 Å². The molecule has 4 N–H and O–H groups in total. The van der Waals surface area contributed by atoms with Crippen molar-refractivity contribution in [1.29, 1.82) is 0 Å². The maximum atomic E-state index is 13.6. The third-order valence-electron chi connectivity index (χ3n) is 4.77. The van der Waals surface area contributed by atoms with Gasteiger partial charge < -0.3 is 20.7 Å². The molecule has 4 rings (SSSR count). The first kappa shape index (κ1) is 21.3. The minimum absolute atomic E-state index is 0.00778. The molecular formula is C17H14F5N5O4. The van der Waals surface area contributed by atoms with E-state index < -0.39 is 54.2 Å². The Kier molecular flexibility index (Phi) is 5.25. The molecule has 1 fully saturated rings. The molecule has 1 unspecified atom stereocenters. The molecule has 0 amide bonds. The number of fused-ring (bicyclic) bond motifs is 1. The standard InChI is InChI=1S/C17H14F5N5O4/c18-7-2-1-6(3-8(7)19)12(31-17(20,21)22)13-10(28)11(29)16(30-13)27-5-26-9-14(23)24-4-25-15(9)27/h1-5,10-13,16,28-29H,(H2,23,24,25)/t10-,11+,12?,13-,16+/m0/s1. The zero-order valence-corrected chi connectivity index (χ0v) is 15.2. The molecule has 9 nitrogen and oxygen atoms in total. The van der Waals surface area contributed by atoms with Gasteiger partial charge >= 0.3 is 6.36 Å². The molecule has 1 aliphatic rings. The highest BCUT2D eigenvalue weighted by molar-refractivity contribution is 5.81. The highest BCUT2D eigenvalue weighted by atomic mass is 19.4. The van der Waals surface area contributed by atoms with Crippen LogP contribution in [-0.2, 0) is 9.47 Å². The second kappa shape index (κ2) is 7.64. The quantitative estimate of drug-likeness (QED) is 0.515. The predicted molar refractivity (Wildman–Crippen MR) is 91.9 cm³/mol. The molecule has 1 saturated heterocycles. The third-order valence-corrected chi connectivity index (χ3v) is 4.77. The summed E-state index contributed by atoms with van der Waals surface area (Å²) in [5, 5.41) is 20.9. The van der Waals surface area contributed by atoms with Gasteiger partial charge in [0, 0.05) is 0 Å². The Morgan fingerprint density at radius 1 is 1.10 bits per heavy atom. The molecule has 2 aromatic heterocycles. The van der Waals surface area contributed by atoms with Gasteiger partial charge in [0.2, 0.25) is 0 Å². The fourth-order valence-corrected chi connectivity index (χ4v) is 3.38. The van der Waals surface area contributed by atoms with E-state index in [0.717, 1.165) is 23.3 Å². The molecule has 3 heterocycles. The van der Waals surface area contributed by atoms with E-state index in [-0.39, 0.29) is 17.0 Å². The molecule has 0 spiro atoms. The van der Waals surface area contributed by atoms with Gasteiger partial charge in [-0.2, -0.15) is 0 Å². The summed E-state index contributed by atoms with van der Waals surface area (Å²) in [5.74, 6) is -2.71. The van der Waals surface area contributed by atoms with Gasteiger partial charge in [0.15, 0.2) is 29.3 Å². The maximum absolute atomic E-state index is 13.6. The van der Waals surface area contributed by atoms with Crippen LogP contribution in [0.4, 0.5) is 27.8 Å². The van der Waals surface area contributed by atoms with Crippen molar-refractivity contribution in [2.45, 2.75) is 37.0 Å². The van der Waals surface area contributed by atoms with Crippen molar-refractivity contribution in [2.75, 3.05) is 5.73 Å². The molecule has 0 bridgehead atoms. The van der Waals surface area contributed by atoms with Crippen LogP contribution in [0.15, 0.2) is 30.9 Å². The van der Waals surface area contributed by atoms with Gasteiger partial charge in [-0.15, -0.1) is 13.2 Å². The lowest BCUT2D eigenvalue weighted by Gasteiger charge is -2.27. The average molecular weight is 447 g/mol. The first-order chi connectivity index (χ1) is 14.6. The Bertz CT molecular complexity index is 1110. The summed E-state index contributed by atoms with van der Waals surface area (Å²) < 4.78 is 76.7. The summed E-state index contributed by atoms with van der Waals surface area (Å²) in [4.78, 5) is 11.7. The number of aromatic nitrogens is 4. The first-order valence-electron chi connectivity index (χ1n) is 8.71. The van der Waals surface area contributed by atoms with Crippen LogP contribution in [0.5, 0.6) is 0 Å². The zero-order valence-electron chi connectivity index (χ0n) is 15.2. The van der Waals surface area contributed by atoms with E-state index in [2.05, 4.69) is 19.7 Å². The molecule has 3 aromatic rings. The Balaban J connectivity index is 1.72. The number of nitrogens with two attached hydrogens (primary N) is 1. The highest BCUT2D eigenvalue weighted by Gasteiger charge is 2.51. The van der Waals surface area contributed by atoms with Gasteiger partial charge in [0.1, 0.15) is 36.3 Å². The van der Waals surface area contributed by atoms with E-state index in [9.17, 15) is 32.2 Å². The van der Waals surface area contributed by atoms with Crippen molar-refractivity contribution in [3.63, 3.8) is 0 Å². The third kappa shape index (κ3) is 3.89. The Morgan fingerprint density at radius 3 is 2.52 bits per heavy atom. The van der Waals surface area contributed by atoms with Gasteiger partial charge in [0.25, 0.3) is 0 Å². The number of anilines is 1. The van der Waals surface area contributed by atoms with Crippen LogP contribution in [0, 0.1) is 11.6 Å². The summed E-state index contributed by atoms with van der Waals surface area (Å²) in [6.45, 7) is 0. The molecule has 14 heteroatoms. The fourth-order valence-electron chi connectivity index (χ4n) is 3.38. The van der Waals surface area contributed by atoms with Crippen molar-refractivity contribution in [2.24, 2.45) is 0 Å². The maximum Gasteiger partial charge on any atom is 0.523 e. The predicted octanol–water partition coefficient (Wildman–Crippen LogP) is 1.58. The molecule has 0 saturated carbocycles. The number of ether oxygens (including phenoxy) is 2. The molecule has 5 atom stereocenters. The zero-order chi connectivity index (χ0) is 22.5. The van der Waals surface area contributed by atoms with Crippen LogP contribution in [0.2, 0.25) is 0 Å². The molecule has 1 aromatic carbocycles. The number of aliphatic hydroxyl groups is 2. The topological polar surface area (TPSA) is 129 Å². The molecular weight excluding hydrogens is 433 g/mol. The fraction of sp³-hybridized carbons (Fsp3) is 0.353. The summed E-state index contributed by atoms with van der Waals surface area (Å²) in [5.41, 5.74) is 5.45. The molecule has 166 valence electrons. The second-order valence-corrected chi connectivity index (χ2v) is 6.71. The van der Waals surface area contributed by atoms with Crippen molar-refractivity contribution in [3.8, 4) is 0 Å². The lowest BCUT2D eigenvalue weighted by molar-refractivity contribution is -0.357. The Morgan fingerprint density at radius 2 is 1.84 bits per heavy atom. The van der Waals surface area contributed by atoms with Crippen molar-refractivity contribution >= 4 is 17.0 Å². The normalized spacial score (nSPS) is 25.3. The minimum atomic E-state index is -5.22. The number of benzene rings is 1. The molecule has 1 aliphatic heterocycles. The lowest BCUT2D eigenvalue weighted by atomic mass is 9.98. The Labute approximate surface area is 169 Å². The van der Waals surface area contributed by atoms with Gasteiger partial charge in [-0.1, -0.05) is 6.07 Å². The number of nitrogens with zero attached hydrogens (tertiary/aromatic N) is 4. The first-order valence-corrected chi connectivity index (χ1v) is 8.71. The number of nitrogen functional groups attached to an aromatic ring is 1. The molecule has 0 aliphatic carbocycles. The van der Waals surface area contributed by atoms with Gasteiger partial charge in [0.05, 0.1) is 6.33 Å².